The number of sulfonamides is 1. The average Bonchev–Trinajstić information content (AvgIpc) is 2.79. The predicted molar refractivity (Wildman–Crippen MR) is 122 cm³/mol. The molecule has 3 aromatic rings. The molecule has 0 aliphatic heterocycles. The highest BCUT2D eigenvalue weighted by atomic mass is 32.2. The minimum Gasteiger partial charge on any atom is -0.494 e. The molecule has 0 fully saturated rings. The lowest BCUT2D eigenvalue weighted by atomic mass is 10.2. The Balaban J connectivity index is 1.67. The van der Waals surface area contributed by atoms with Crippen LogP contribution in [0.3, 0.4) is 0 Å². The molecule has 1 N–H and O–H groups in total. The van der Waals surface area contributed by atoms with Crippen molar-refractivity contribution < 1.29 is 17.9 Å². The number of ether oxygens (including phenoxy) is 1. The van der Waals surface area contributed by atoms with E-state index in [1.807, 2.05) is 37.3 Å². The summed E-state index contributed by atoms with van der Waals surface area (Å²) in [4.78, 5) is 12.7. The summed E-state index contributed by atoms with van der Waals surface area (Å²) >= 11 is 0. The molecule has 6 nitrogen and oxygen atoms in total. The SMILES string of the molecule is CCCOc1cccc(C(=O)Nc2ccc(S(=O)(=O)N(C)Cc3ccccc3)cc2)c1. The molecule has 3 rings (SSSR count). The van der Waals surface area contributed by atoms with Crippen molar-refractivity contribution in [2.24, 2.45) is 0 Å². The molecule has 0 bridgehead atoms. The largest absolute Gasteiger partial charge is 0.494 e. The molecule has 0 saturated carbocycles. The van der Waals surface area contributed by atoms with Crippen molar-refractivity contribution in [3.05, 3.63) is 90.0 Å². The van der Waals surface area contributed by atoms with Crippen molar-refractivity contribution in [3.8, 4) is 5.75 Å². The van der Waals surface area contributed by atoms with Gasteiger partial charge in [-0.15, -0.1) is 0 Å². The van der Waals surface area contributed by atoms with Gasteiger partial charge in [0.15, 0.2) is 0 Å². The molecule has 3 aromatic carbocycles. The molecule has 0 heterocycles. The molecule has 31 heavy (non-hydrogen) atoms. The van der Waals surface area contributed by atoms with Crippen LogP contribution in [0.1, 0.15) is 29.3 Å². The van der Waals surface area contributed by atoms with Gasteiger partial charge in [0.05, 0.1) is 11.5 Å². The van der Waals surface area contributed by atoms with E-state index in [0.29, 0.717) is 23.6 Å². The Morgan fingerprint density at radius 3 is 2.35 bits per heavy atom. The molecule has 162 valence electrons. The third-order valence-corrected chi connectivity index (χ3v) is 6.46. The van der Waals surface area contributed by atoms with Crippen LogP contribution in [0.5, 0.6) is 5.75 Å². The minimum atomic E-state index is -3.64. The van der Waals surface area contributed by atoms with Gasteiger partial charge in [-0.3, -0.25) is 4.79 Å². The second kappa shape index (κ2) is 10.2. The highest BCUT2D eigenvalue weighted by molar-refractivity contribution is 7.89. The van der Waals surface area contributed by atoms with Gasteiger partial charge in [0.2, 0.25) is 10.0 Å². The number of hydrogen-bond acceptors (Lipinski definition) is 4. The number of nitrogens with zero attached hydrogens (tertiary/aromatic N) is 1. The van der Waals surface area contributed by atoms with E-state index in [4.69, 9.17) is 4.74 Å². The molecular formula is C24H26N2O4S. The summed E-state index contributed by atoms with van der Waals surface area (Å²) in [6.45, 7) is 2.87. The monoisotopic (exact) mass is 438 g/mol. The van der Waals surface area contributed by atoms with Gasteiger partial charge in [-0.2, -0.15) is 4.31 Å². The fourth-order valence-corrected chi connectivity index (χ4v) is 4.12. The quantitative estimate of drug-likeness (QED) is 0.532. The summed E-state index contributed by atoms with van der Waals surface area (Å²) in [6.07, 6.45) is 0.881. The van der Waals surface area contributed by atoms with Crippen LogP contribution in [0.15, 0.2) is 83.8 Å². The zero-order chi connectivity index (χ0) is 22.3. The van der Waals surface area contributed by atoms with Crippen LogP contribution in [-0.2, 0) is 16.6 Å². The van der Waals surface area contributed by atoms with Gasteiger partial charge in [0.25, 0.3) is 5.91 Å². The maximum Gasteiger partial charge on any atom is 0.255 e. The molecule has 7 heteroatoms. The smallest absolute Gasteiger partial charge is 0.255 e. The van der Waals surface area contributed by atoms with Gasteiger partial charge in [0, 0.05) is 24.8 Å². The first-order valence-corrected chi connectivity index (χ1v) is 11.5. The van der Waals surface area contributed by atoms with Gasteiger partial charge >= 0.3 is 0 Å². The van der Waals surface area contributed by atoms with Crippen LogP contribution in [0, 0.1) is 0 Å². The Bertz CT molecular complexity index is 1110. The topological polar surface area (TPSA) is 75.7 Å². The first-order chi connectivity index (χ1) is 14.9. The second-order valence-corrected chi connectivity index (χ2v) is 9.15. The van der Waals surface area contributed by atoms with E-state index in [0.717, 1.165) is 12.0 Å². The number of benzene rings is 3. The first-order valence-electron chi connectivity index (χ1n) is 10.0. The van der Waals surface area contributed by atoms with E-state index in [-0.39, 0.29) is 17.3 Å². The van der Waals surface area contributed by atoms with Gasteiger partial charge < -0.3 is 10.1 Å². The summed E-state index contributed by atoms with van der Waals surface area (Å²) in [7, 11) is -2.10. The minimum absolute atomic E-state index is 0.166. The van der Waals surface area contributed by atoms with Gasteiger partial charge in [-0.25, -0.2) is 8.42 Å². The van der Waals surface area contributed by atoms with Crippen LogP contribution in [0.25, 0.3) is 0 Å². The Morgan fingerprint density at radius 1 is 0.968 bits per heavy atom. The summed E-state index contributed by atoms with van der Waals surface area (Å²) in [5.74, 6) is 0.344. The molecule has 0 aromatic heterocycles. The zero-order valence-corrected chi connectivity index (χ0v) is 18.4. The van der Waals surface area contributed by atoms with Gasteiger partial charge in [0.1, 0.15) is 5.75 Å². The summed E-state index contributed by atoms with van der Waals surface area (Å²) < 4.78 is 32.5. The number of anilines is 1. The molecule has 0 saturated heterocycles. The summed E-state index contributed by atoms with van der Waals surface area (Å²) in [5.41, 5.74) is 1.88. The first kappa shape index (κ1) is 22.5. The zero-order valence-electron chi connectivity index (χ0n) is 17.6. The molecule has 0 spiro atoms. The lowest BCUT2D eigenvalue weighted by Gasteiger charge is -2.17. The molecule has 0 unspecified atom stereocenters. The number of amides is 1. The normalized spacial score (nSPS) is 11.3. The molecular weight excluding hydrogens is 412 g/mol. The van der Waals surface area contributed by atoms with Crippen molar-refractivity contribution in [2.45, 2.75) is 24.8 Å². The number of carbonyl (C=O) groups excluding carboxylic acids is 1. The van der Waals surface area contributed by atoms with E-state index in [9.17, 15) is 13.2 Å². The second-order valence-electron chi connectivity index (χ2n) is 7.10. The lowest BCUT2D eigenvalue weighted by molar-refractivity contribution is 0.102. The Hall–Kier alpha value is -3.16. The van der Waals surface area contributed by atoms with Gasteiger partial charge in [-0.1, -0.05) is 43.3 Å². The van der Waals surface area contributed by atoms with E-state index in [1.54, 1.807) is 43.4 Å². The maximum absolute atomic E-state index is 12.8. The highest BCUT2D eigenvalue weighted by Gasteiger charge is 2.21. The molecule has 0 aliphatic rings. The predicted octanol–water partition coefficient (Wildman–Crippen LogP) is 4.55. The van der Waals surface area contributed by atoms with E-state index >= 15 is 0 Å². The van der Waals surface area contributed by atoms with E-state index in [2.05, 4.69) is 5.32 Å². The number of carbonyl (C=O) groups is 1. The Labute approximate surface area is 183 Å². The number of hydrogen-bond donors (Lipinski definition) is 1. The van der Waals surface area contributed by atoms with Crippen molar-refractivity contribution in [2.75, 3.05) is 19.0 Å². The van der Waals surface area contributed by atoms with Crippen LogP contribution in [0.4, 0.5) is 5.69 Å². The third kappa shape index (κ3) is 5.93. The maximum atomic E-state index is 12.8. The van der Waals surface area contributed by atoms with Crippen LogP contribution < -0.4 is 10.1 Å². The van der Waals surface area contributed by atoms with Crippen molar-refractivity contribution in [3.63, 3.8) is 0 Å². The Kier molecular flexibility index (Phi) is 7.44. The number of rotatable bonds is 9. The lowest BCUT2D eigenvalue weighted by Crippen LogP contribution is -2.26. The fraction of sp³-hybridized carbons (Fsp3) is 0.208. The molecule has 0 atom stereocenters. The van der Waals surface area contributed by atoms with E-state index in [1.165, 1.54) is 16.4 Å². The molecule has 1 amide bonds. The summed E-state index contributed by atoms with van der Waals surface area (Å²) in [5, 5.41) is 2.79. The fourth-order valence-electron chi connectivity index (χ4n) is 2.97. The van der Waals surface area contributed by atoms with Crippen LogP contribution in [-0.4, -0.2) is 32.3 Å². The van der Waals surface area contributed by atoms with Crippen LogP contribution in [0.2, 0.25) is 0 Å². The number of nitrogens with one attached hydrogen (secondary N) is 1. The summed E-state index contributed by atoms with van der Waals surface area (Å²) in [6, 6.07) is 22.5. The highest BCUT2D eigenvalue weighted by Crippen LogP contribution is 2.20. The third-order valence-electron chi connectivity index (χ3n) is 4.64. The van der Waals surface area contributed by atoms with Crippen LogP contribution >= 0.6 is 0 Å². The van der Waals surface area contributed by atoms with Crippen molar-refractivity contribution in [1.29, 1.82) is 0 Å². The van der Waals surface area contributed by atoms with Crippen molar-refractivity contribution >= 4 is 21.6 Å². The van der Waals surface area contributed by atoms with E-state index < -0.39 is 10.0 Å². The average molecular weight is 439 g/mol. The standard InChI is InChI=1S/C24H26N2O4S/c1-3-16-30-22-11-7-10-20(17-22)24(27)25-21-12-14-23(15-13-21)31(28,29)26(2)18-19-8-5-4-6-9-19/h4-15,17H,3,16,18H2,1-2H3,(H,25,27). The van der Waals surface area contributed by atoms with Gasteiger partial charge in [-0.05, 0) is 54.4 Å². The molecule has 0 radical (unpaired) electrons. The molecule has 0 aliphatic carbocycles. The Morgan fingerprint density at radius 2 is 1.68 bits per heavy atom. The van der Waals surface area contributed by atoms with Crippen molar-refractivity contribution in [1.82, 2.24) is 4.31 Å².